The summed E-state index contributed by atoms with van der Waals surface area (Å²) in [4.78, 5) is 13.7. The van der Waals surface area contributed by atoms with Gasteiger partial charge in [0.2, 0.25) is 0 Å². The van der Waals surface area contributed by atoms with Crippen LogP contribution in [0.2, 0.25) is 0 Å². The van der Waals surface area contributed by atoms with Crippen LogP contribution in [0.1, 0.15) is 52.7 Å². The summed E-state index contributed by atoms with van der Waals surface area (Å²) in [5.41, 5.74) is -0.407. The summed E-state index contributed by atoms with van der Waals surface area (Å²) in [6.07, 6.45) is -0.661. The van der Waals surface area contributed by atoms with Gasteiger partial charge in [-0.2, -0.15) is 5.26 Å². The molecule has 132 valence electrons. The van der Waals surface area contributed by atoms with Crippen LogP contribution in [0.25, 0.3) is 0 Å². The van der Waals surface area contributed by atoms with Crippen molar-refractivity contribution >= 4 is 6.09 Å². The number of rotatable bonds is 5. The Balaban J connectivity index is 3.21. The maximum Gasteiger partial charge on any atom is 0.410 e. The number of nitrogens with zero attached hydrogens (tertiary/aromatic N) is 2. The third-order valence-electron chi connectivity index (χ3n) is 3.08. The van der Waals surface area contributed by atoms with Crippen molar-refractivity contribution in [2.45, 2.75) is 59.8 Å². The Morgan fingerprint density at radius 1 is 1.38 bits per heavy atom. The van der Waals surface area contributed by atoms with Crippen LogP contribution in [0.15, 0.2) is 12.1 Å². The number of hydrogen-bond acceptors (Lipinski definition) is 4. The summed E-state index contributed by atoms with van der Waals surface area (Å²) in [6.45, 7) is 11.2. The Morgan fingerprint density at radius 2 is 2.00 bits per heavy atom. The molecule has 0 bridgehead atoms. The van der Waals surface area contributed by atoms with Crippen LogP contribution in [-0.4, -0.2) is 29.2 Å². The molecule has 0 saturated carbocycles. The van der Waals surface area contributed by atoms with Gasteiger partial charge in [-0.25, -0.2) is 9.18 Å². The summed E-state index contributed by atoms with van der Waals surface area (Å²) in [5.74, 6) is -0.242. The Bertz CT molecular complexity index is 630. The Morgan fingerprint density at radius 3 is 2.46 bits per heavy atom. The van der Waals surface area contributed by atoms with Crippen LogP contribution in [0, 0.1) is 17.1 Å². The second-order valence-electron chi connectivity index (χ2n) is 6.67. The van der Waals surface area contributed by atoms with E-state index in [9.17, 15) is 14.4 Å². The van der Waals surface area contributed by atoms with Crippen molar-refractivity contribution in [3.63, 3.8) is 0 Å². The predicted molar refractivity (Wildman–Crippen MR) is 89.2 cm³/mol. The molecule has 0 aliphatic heterocycles. The zero-order valence-electron chi connectivity index (χ0n) is 15.1. The van der Waals surface area contributed by atoms with Gasteiger partial charge in [0.05, 0.1) is 18.2 Å². The van der Waals surface area contributed by atoms with E-state index in [1.54, 1.807) is 27.7 Å². The fraction of sp³-hybridized carbons (Fsp3) is 0.556. The van der Waals surface area contributed by atoms with E-state index in [2.05, 4.69) is 0 Å². The maximum absolute atomic E-state index is 14.0. The molecule has 0 aromatic heterocycles. The van der Waals surface area contributed by atoms with E-state index in [4.69, 9.17) is 9.47 Å². The molecule has 1 amide bonds. The molecule has 1 aromatic rings. The minimum absolute atomic E-state index is 0.0358. The number of benzene rings is 1. The van der Waals surface area contributed by atoms with E-state index < -0.39 is 17.5 Å². The minimum Gasteiger partial charge on any atom is -0.491 e. The zero-order valence-corrected chi connectivity index (χ0v) is 15.1. The molecule has 0 spiro atoms. The van der Waals surface area contributed by atoms with E-state index in [1.165, 1.54) is 17.0 Å². The number of halogens is 1. The van der Waals surface area contributed by atoms with Gasteiger partial charge in [-0.3, -0.25) is 0 Å². The van der Waals surface area contributed by atoms with Gasteiger partial charge in [-0.15, -0.1) is 0 Å². The molecule has 5 nitrogen and oxygen atoms in total. The molecule has 0 heterocycles. The van der Waals surface area contributed by atoms with Gasteiger partial charge in [0, 0.05) is 12.1 Å². The van der Waals surface area contributed by atoms with Crippen LogP contribution in [0.5, 0.6) is 5.75 Å². The lowest BCUT2D eigenvalue weighted by molar-refractivity contribution is 0.0242. The average Bonchev–Trinajstić information content (AvgIpc) is 2.44. The van der Waals surface area contributed by atoms with E-state index in [0.717, 1.165) is 0 Å². The summed E-state index contributed by atoms with van der Waals surface area (Å²) < 4.78 is 25.0. The second kappa shape index (κ2) is 8.00. The number of amides is 1. The average molecular weight is 336 g/mol. The standard InChI is InChI=1S/C18H25FN2O3/c1-7-21(17(22)24-18(4,5)6)11-14-13(10-20)15(19)8-9-16(14)23-12(2)3/h8-9,12H,7,11H2,1-6H3. The highest BCUT2D eigenvalue weighted by Crippen LogP contribution is 2.27. The summed E-state index contributed by atoms with van der Waals surface area (Å²) >= 11 is 0. The lowest BCUT2D eigenvalue weighted by Crippen LogP contribution is -2.36. The maximum atomic E-state index is 14.0. The molecule has 0 saturated heterocycles. The van der Waals surface area contributed by atoms with Crippen molar-refractivity contribution in [2.75, 3.05) is 6.54 Å². The van der Waals surface area contributed by atoms with E-state index >= 15 is 0 Å². The normalized spacial score (nSPS) is 11.1. The van der Waals surface area contributed by atoms with Gasteiger partial charge in [-0.05, 0) is 53.7 Å². The van der Waals surface area contributed by atoms with Gasteiger partial charge in [0.25, 0.3) is 0 Å². The van der Waals surface area contributed by atoms with E-state index in [-0.39, 0.29) is 18.2 Å². The quantitative estimate of drug-likeness (QED) is 0.807. The van der Waals surface area contributed by atoms with Crippen molar-refractivity contribution in [1.29, 1.82) is 5.26 Å². The molecular formula is C18H25FN2O3. The largest absolute Gasteiger partial charge is 0.491 e. The van der Waals surface area contributed by atoms with Crippen molar-refractivity contribution in [2.24, 2.45) is 0 Å². The third kappa shape index (κ3) is 5.41. The SMILES string of the molecule is CCN(Cc1c(OC(C)C)ccc(F)c1C#N)C(=O)OC(C)(C)C. The smallest absolute Gasteiger partial charge is 0.410 e. The highest BCUT2D eigenvalue weighted by molar-refractivity contribution is 5.68. The van der Waals surface area contributed by atoms with Crippen molar-refractivity contribution in [3.05, 3.63) is 29.1 Å². The van der Waals surface area contributed by atoms with Crippen LogP contribution in [0.3, 0.4) is 0 Å². The number of hydrogen-bond donors (Lipinski definition) is 0. The molecule has 1 rings (SSSR count). The topological polar surface area (TPSA) is 62.6 Å². The summed E-state index contributed by atoms with van der Waals surface area (Å²) in [7, 11) is 0. The van der Waals surface area contributed by atoms with Gasteiger partial charge < -0.3 is 14.4 Å². The lowest BCUT2D eigenvalue weighted by atomic mass is 10.1. The molecule has 0 radical (unpaired) electrons. The lowest BCUT2D eigenvalue weighted by Gasteiger charge is -2.27. The molecule has 0 aliphatic rings. The number of nitriles is 1. The van der Waals surface area contributed by atoms with Crippen LogP contribution < -0.4 is 4.74 Å². The number of ether oxygens (including phenoxy) is 2. The highest BCUT2D eigenvalue weighted by atomic mass is 19.1. The van der Waals surface area contributed by atoms with Crippen molar-refractivity contribution in [3.8, 4) is 11.8 Å². The highest BCUT2D eigenvalue weighted by Gasteiger charge is 2.24. The molecular weight excluding hydrogens is 311 g/mol. The molecule has 0 atom stereocenters. The zero-order chi connectivity index (χ0) is 18.5. The first-order chi connectivity index (χ1) is 11.1. The second-order valence-corrected chi connectivity index (χ2v) is 6.67. The van der Waals surface area contributed by atoms with E-state index in [0.29, 0.717) is 17.9 Å². The first kappa shape index (κ1) is 19.8. The van der Waals surface area contributed by atoms with Crippen molar-refractivity contribution < 1.29 is 18.7 Å². The molecule has 1 aromatic carbocycles. The Hall–Kier alpha value is -2.29. The molecule has 0 fully saturated rings. The number of carbonyl (C=O) groups is 1. The van der Waals surface area contributed by atoms with Gasteiger partial charge >= 0.3 is 6.09 Å². The van der Waals surface area contributed by atoms with Crippen LogP contribution >= 0.6 is 0 Å². The van der Waals surface area contributed by atoms with Crippen molar-refractivity contribution in [1.82, 2.24) is 4.90 Å². The van der Waals surface area contributed by atoms with Gasteiger partial charge in [-0.1, -0.05) is 0 Å². The predicted octanol–water partition coefficient (Wildman–Crippen LogP) is 4.24. The first-order valence-corrected chi connectivity index (χ1v) is 7.95. The molecule has 0 unspecified atom stereocenters. The summed E-state index contributed by atoms with van der Waals surface area (Å²) in [5, 5.41) is 9.29. The van der Waals surface area contributed by atoms with E-state index in [1.807, 2.05) is 19.9 Å². The van der Waals surface area contributed by atoms with Crippen LogP contribution in [-0.2, 0) is 11.3 Å². The number of carbonyl (C=O) groups excluding carboxylic acids is 1. The summed E-state index contributed by atoms with van der Waals surface area (Å²) in [6, 6.07) is 4.54. The fourth-order valence-electron chi connectivity index (χ4n) is 2.07. The Kier molecular flexibility index (Phi) is 6.59. The first-order valence-electron chi connectivity index (χ1n) is 7.95. The molecule has 0 aliphatic carbocycles. The fourth-order valence-corrected chi connectivity index (χ4v) is 2.07. The van der Waals surface area contributed by atoms with Crippen LogP contribution in [0.4, 0.5) is 9.18 Å². The minimum atomic E-state index is -0.637. The molecule has 24 heavy (non-hydrogen) atoms. The Labute approximate surface area is 143 Å². The monoisotopic (exact) mass is 336 g/mol. The van der Waals surface area contributed by atoms with Gasteiger partial charge in [0.1, 0.15) is 23.2 Å². The molecule has 6 heteroatoms. The van der Waals surface area contributed by atoms with Gasteiger partial charge in [0.15, 0.2) is 0 Å². The molecule has 0 N–H and O–H groups in total. The third-order valence-corrected chi connectivity index (χ3v) is 3.08.